The predicted molar refractivity (Wildman–Crippen MR) is 84.2 cm³/mol. The van der Waals surface area contributed by atoms with Crippen molar-refractivity contribution in [1.29, 1.82) is 0 Å². The Labute approximate surface area is 125 Å². The lowest BCUT2D eigenvalue weighted by atomic mass is 9.88. The van der Waals surface area contributed by atoms with Crippen molar-refractivity contribution < 1.29 is 9.90 Å². The summed E-state index contributed by atoms with van der Waals surface area (Å²) in [4.78, 5) is 13.8. The minimum atomic E-state index is -0.732. The summed E-state index contributed by atoms with van der Waals surface area (Å²) >= 11 is 0. The summed E-state index contributed by atoms with van der Waals surface area (Å²) in [5.41, 5.74) is 0.451. The highest BCUT2D eigenvalue weighted by atomic mass is 16.4. The highest BCUT2D eigenvalue weighted by molar-refractivity contribution is 5.83. The van der Waals surface area contributed by atoms with E-state index in [4.69, 9.17) is 0 Å². The third-order valence-electron chi connectivity index (χ3n) is 4.69. The molecule has 1 heterocycles. The number of carboxylic acid groups (broad SMARTS) is 1. The smallest absolute Gasteiger partial charge is 0.323 e. The third-order valence-corrected chi connectivity index (χ3v) is 4.69. The van der Waals surface area contributed by atoms with Gasteiger partial charge in [0.15, 0.2) is 0 Å². The van der Waals surface area contributed by atoms with Crippen LogP contribution in [0.3, 0.4) is 0 Å². The van der Waals surface area contributed by atoms with E-state index in [1.165, 1.54) is 16.3 Å². The van der Waals surface area contributed by atoms with Gasteiger partial charge in [-0.05, 0) is 55.1 Å². The number of piperidine rings is 1. The van der Waals surface area contributed by atoms with Gasteiger partial charge in [0.25, 0.3) is 0 Å². The lowest BCUT2D eigenvalue weighted by molar-refractivity contribution is -0.153. The number of nitrogens with zero attached hydrogens (tertiary/aromatic N) is 1. The molecule has 0 radical (unpaired) electrons. The van der Waals surface area contributed by atoms with Crippen LogP contribution in [0.4, 0.5) is 0 Å². The fourth-order valence-corrected chi connectivity index (χ4v) is 3.23. The van der Waals surface area contributed by atoms with E-state index in [0.29, 0.717) is 6.54 Å². The minimum absolute atomic E-state index is 0.702. The van der Waals surface area contributed by atoms with E-state index in [9.17, 15) is 9.90 Å². The second-order valence-corrected chi connectivity index (χ2v) is 6.14. The van der Waals surface area contributed by atoms with Crippen LogP contribution in [0.25, 0.3) is 10.8 Å². The molecule has 3 rings (SSSR count). The number of fused-ring (bicyclic) bond motifs is 1. The summed E-state index contributed by atoms with van der Waals surface area (Å²) in [7, 11) is 0. The zero-order chi connectivity index (χ0) is 14.9. The number of hydrogen-bond acceptors (Lipinski definition) is 2. The zero-order valence-corrected chi connectivity index (χ0v) is 12.4. The molecule has 1 aliphatic heterocycles. The molecule has 1 saturated heterocycles. The van der Waals surface area contributed by atoms with Crippen molar-refractivity contribution in [3.63, 3.8) is 0 Å². The van der Waals surface area contributed by atoms with Crippen LogP contribution in [-0.2, 0) is 11.3 Å². The van der Waals surface area contributed by atoms with Crippen LogP contribution < -0.4 is 0 Å². The van der Waals surface area contributed by atoms with Crippen LogP contribution in [0.15, 0.2) is 42.5 Å². The van der Waals surface area contributed by atoms with Crippen LogP contribution in [0.2, 0.25) is 0 Å². The van der Waals surface area contributed by atoms with Gasteiger partial charge in [-0.3, -0.25) is 9.69 Å². The Hall–Kier alpha value is -1.87. The number of aliphatic carboxylic acids is 1. The molecule has 0 saturated carbocycles. The second kappa shape index (κ2) is 5.49. The highest BCUT2D eigenvalue weighted by Crippen LogP contribution is 2.30. The Morgan fingerprint density at radius 3 is 2.71 bits per heavy atom. The Balaban J connectivity index is 1.87. The number of carbonyl (C=O) groups is 1. The summed E-state index contributed by atoms with van der Waals surface area (Å²) in [6, 6.07) is 14.7. The molecule has 0 bridgehead atoms. The van der Waals surface area contributed by atoms with Crippen molar-refractivity contribution in [2.75, 3.05) is 6.54 Å². The molecule has 1 N–H and O–H groups in total. The molecule has 110 valence electrons. The summed E-state index contributed by atoms with van der Waals surface area (Å²) in [6.07, 6.45) is 2.81. The van der Waals surface area contributed by atoms with Crippen LogP contribution in [0, 0.1) is 0 Å². The second-order valence-electron chi connectivity index (χ2n) is 6.14. The molecule has 1 atom stereocenters. The van der Waals surface area contributed by atoms with Crippen molar-refractivity contribution in [1.82, 2.24) is 4.90 Å². The Kier molecular flexibility index (Phi) is 3.68. The van der Waals surface area contributed by atoms with E-state index in [2.05, 4.69) is 35.2 Å². The van der Waals surface area contributed by atoms with E-state index < -0.39 is 11.5 Å². The molecule has 1 aliphatic rings. The van der Waals surface area contributed by atoms with Gasteiger partial charge in [-0.25, -0.2) is 0 Å². The maximum absolute atomic E-state index is 11.6. The molecule has 1 fully saturated rings. The first-order valence-electron chi connectivity index (χ1n) is 7.56. The van der Waals surface area contributed by atoms with E-state index in [1.54, 1.807) is 0 Å². The van der Waals surface area contributed by atoms with E-state index in [0.717, 1.165) is 25.8 Å². The fraction of sp³-hybridized carbons (Fsp3) is 0.389. The molecular weight excluding hydrogens is 262 g/mol. The molecule has 0 spiro atoms. The molecule has 21 heavy (non-hydrogen) atoms. The van der Waals surface area contributed by atoms with Gasteiger partial charge in [-0.2, -0.15) is 0 Å². The Morgan fingerprint density at radius 1 is 1.19 bits per heavy atom. The monoisotopic (exact) mass is 283 g/mol. The number of carboxylic acids is 1. The van der Waals surface area contributed by atoms with Gasteiger partial charge in [0.05, 0.1) is 0 Å². The van der Waals surface area contributed by atoms with Gasteiger partial charge >= 0.3 is 5.97 Å². The molecule has 0 amide bonds. The van der Waals surface area contributed by atoms with Crippen molar-refractivity contribution in [3.8, 4) is 0 Å². The van der Waals surface area contributed by atoms with Crippen LogP contribution >= 0.6 is 0 Å². The van der Waals surface area contributed by atoms with Crippen molar-refractivity contribution in [2.24, 2.45) is 0 Å². The lowest BCUT2D eigenvalue weighted by Gasteiger charge is -2.41. The van der Waals surface area contributed by atoms with Gasteiger partial charge in [0, 0.05) is 6.54 Å². The number of hydrogen-bond donors (Lipinski definition) is 1. The molecule has 2 aromatic carbocycles. The average Bonchev–Trinajstić information content (AvgIpc) is 2.49. The van der Waals surface area contributed by atoms with Gasteiger partial charge in [-0.15, -0.1) is 0 Å². The van der Waals surface area contributed by atoms with E-state index in [-0.39, 0.29) is 0 Å². The van der Waals surface area contributed by atoms with Crippen molar-refractivity contribution >= 4 is 16.7 Å². The third kappa shape index (κ3) is 2.66. The standard InChI is InChI=1S/C18H21NO2/c1-18(17(20)21)10-4-5-11-19(18)13-14-8-9-15-6-2-3-7-16(15)12-14/h2-3,6-9,12H,4-5,10-11,13H2,1H3,(H,20,21). The minimum Gasteiger partial charge on any atom is -0.480 e. The van der Waals surface area contributed by atoms with Gasteiger partial charge in [0.2, 0.25) is 0 Å². The van der Waals surface area contributed by atoms with Crippen molar-refractivity contribution in [3.05, 3.63) is 48.0 Å². The molecule has 0 aromatic heterocycles. The van der Waals surface area contributed by atoms with Crippen LogP contribution in [0.5, 0.6) is 0 Å². The molecule has 2 aromatic rings. The summed E-state index contributed by atoms with van der Waals surface area (Å²) in [6.45, 7) is 3.42. The maximum atomic E-state index is 11.6. The van der Waals surface area contributed by atoms with Crippen LogP contribution in [0.1, 0.15) is 31.7 Å². The first kappa shape index (κ1) is 14.1. The number of rotatable bonds is 3. The van der Waals surface area contributed by atoms with E-state index >= 15 is 0 Å². The largest absolute Gasteiger partial charge is 0.480 e. The first-order valence-corrected chi connectivity index (χ1v) is 7.56. The molecule has 3 nitrogen and oxygen atoms in total. The van der Waals surface area contributed by atoms with Crippen LogP contribution in [-0.4, -0.2) is 28.1 Å². The summed E-state index contributed by atoms with van der Waals surface area (Å²) in [5.74, 6) is -0.706. The Morgan fingerprint density at radius 2 is 1.95 bits per heavy atom. The van der Waals surface area contributed by atoms with Gasteiger partial charge in [-0.1, -0.05) is 36.4 Å². The molecular formula is C18H21NO2. The molecule has 0 aliphatic carbocycles. The van der Waals surface area contributed by atoms with Crippen molar-refractivity contribution in [2.45, 2.75) is 38.3 Å². The summed E-state index contributed by atoms with van der Waals surface area (Å²) < 4.78 is 0. The number of benzene rings is 2. The summed E-state index contributed by atoms with van der Waals surface area (Å²) in [5, 5.41) is 12.0. The first-order chi connectivity index (χ1) is 10.1. The van der Waals surface area contributed by atoms with E-state index in [1.807, 2.05) is 19.1 Å². The Bertz CT molecular complexity index is 667. The molecule has 1 unspecified atom stereocenters. The zero-order valence-electron chi connectivity index (χ0n) is 12.4. The highest BCUT2D eigenvalue weighted by Gasteiger charge is 2.41. The van der Waals surface area contributed by atoms with Gasteiger partial charge < -0.3 is 5.11 Å². The maximum Gasteiger partial charge on any atom is 0.323 e. The normalized spacial score (nSPS) is 23.3. The predicted octanol–water partition coefficient (Wildman–Crippen LogP) is 3.67. The van der Waals surface area contributed by atoms with Gasteiger partial charge in [0.1, 0.15) is 5.54 Å². The number of likely N-dealkylation sites (tertiary alicyclic amines) is 1. The SMILES string of the molecule is CC1(C(=O)O)CCCCN1Cc1ccc2ccccc2c1. The lowest BCUT2D eigenvalue weighted by Crippen LogP contribution is -2.54. The quantitative estimate of drug-likeness (QED) is 0.934. The fourth-order valence-electron chi connectivity index (χ4n) is 3.23. The average molecular weight is 283 g/mol. The molecule has 3 heteroatoms. The topological polar surface area (TPSA) is 40.5 Å².